The second-order valence-electron chi connectivity index (χ2n) is 16.0. The molecule has 6 rings (SSSR count). The van der Waals surface area contributed by atoms with Crippen molar-refractivity contribution >= 4 is 67.1 Å². The predicted molar refractivity (Wildman–Crippen MR) is 231 cm³/mol. The number of fused-ring (bicyclic) bond motifs is 4. The molecule has 1 N–H and O–H groups in total. The van der Waals surface area contributed by atoms with E-state index in [4.69, 9.17) is 4.74 Å². The standard InChI is InChI=1S/C48H52N4O6/c1-48(2,3)58-47(57)52(7)31-43-38-24-14-10-20-34(38)41(35-21-11-15-25-39(35)43)29-50(5)45(54)27-17-16-26-44(53)49(4)28-40-32-18-8-12-22-36(32)42(30-51(6)46(55)56)37-23-13-9-19-33(37)40/h8-25H,26-31H2,1-7H3,(H,55,56)/b17-16+. The van der Waals surface area contributed by atoms with Gasteiger partial charge in [0.05, 0.1) is 0 Å². The quantitative estimate of drug-likeness (QED) is 0.0979. The minimum Gasteiger partial charge on any atom is -0.465 e. The largest absolute Gasteiger partial charge is 0.465 e. The Kier molecular flexibility index (Phi) is 12.4. The molecule has 0 atom stereocenters. The molecule has 4 amide bonds. The summed E-state index contributed by atoms with van der Waals surface area (Å²) in [5.41, 5.74) is 3.34. The van der Waals surface area contributed by atoms with Gasteiger partial charge in [-0.15, -0.1) is 0 Å². The molecule has 0 bridgehead atoms. The van der Waals surface area contributed by atoms with Gasteiger partial charge in [0.25, 0.3) is 0 Å². The second-order valence-corrected chi connectivity index (χ2v) is 16.0. The molecule has 300 valence electrons. The number of hydrogen-bond acceptors (Lipinski definition) is 5. The van der Waals surface area contributed by atoms with E-state index in [1.165, 1.54) is 4.90 Å². The zero-order valence-electron chi connectivity index (χ0n) is 34.4. The van der Waals surface area contributed by atoms with Gasteiger partial charge in [-0.1, -0.05) is 109 Å². The summed E-state index contributed by atoms with van der Waals surface area (Å²) in [5, 5.41) is 17.5. The van der Waals surface area contributed by atoms with Crippen molar-refractivity contribution in [2.24, 2.45) is 0 Å². The number of benzene rings is 6. The highest BCUT2D eigenvalue weighted by Gasteiger charge is 2.23. The van der Waals surface area contributed by atoms with Crippen LogP contribution < -0.4 is 0 Å². The first kappa shape index (κ1) is 41.2. The molecule has 0 radical (unpaired) electrons. The van der Waals surface area contributed by atoms with Crippen LogP contribution in [0.15, 0.2) is 109 Å². The van der Waals surface area contributed by atoms with Crippen molar-refractivity contribution in [2.75, 3.05) is 28.2 Å². The molecule has 6 aromatic carbocycles. The Bertz CT molecular complexity index is 2440. The lowest BCUT2D eigenvalue weighted by Crippen LogP contribution is -2.34. The van der Waals surface area contributed by atoms with E-state index in [0.717, 1.165) is 65.3 Å². The lowest BCUT2D eigenvalue weighted by molar-refractivity contribution is -0.130. The average molecular weight is 781 g/mol. The van der Waals surface area contributed by atoms with Gasteiger partial charge in [0.1, 0.15) is 5.60 Å². The normalized spacial score (nSPS) is 11.7. The van der Waals surface area contributed by atoms with Gasteiger partial charge in [-0.3, -0.25) is 9.59 Å². The van der Waals surface area contributed by atoms with Gasteiger partial charge in [0, 0.05) is 67.2 Å². The highest BCUT2D eigenvalue weighted by Crippen LogP contribution is 2.36. The Morgan fingerprint density at radius 3 is 1.00 bits per heavy atom. The average Bonchev–Trinajstić information content (AvgIpc) is 3.20. The molecule has 0 unspecified atom stereocenters. The lowest BCUT2D eigenvalue weighted by atomic mass is 9.91. The van der Waals surface area contributed by atoms with Crippen LogP contribution in [-0.4, -0.2) is 82.5 Å². The van der Waals surface area contributed by atoms with E-state index in [9.17, 15) is 24.3 Å². The molecule has 10 nitrogen and oxygen atoms in total. The monoisotopic (exact) mass is 780 g/mol. The summed E-state index contributed by atoms with van der Waals surface area (Å²) < 4.78 is 5.64. The fourth-order valence-electron chi connectivity index (χ4n) is 7.58. The molecule has 0 aromatic heterocycles. The molecule has 0 heterocycles. The summed E-state index contributed by atoms with van der Waals surface area (Å²) in [6.45, 7) is 6.89. The van der Waals surface area contributed by atoms with E-state index in [0.29, 0.717) is 19.6 Å². The fraction of sp³-hybridized carbons (Fsp3) is 0.292. The first-order valence-electron chi connectivity index (χ1n) is 19.5. The van der Waals surface area contributed by atoms with Crippen molar-refractivity contribution < 1.29 is 29.0 Å². The smallest absolute Gasteiger partial charge is 0.410 e. The minimum absolute atomic E-state index is 0.0782. The Morgan fingerprint density at radius 2 is 0.741 bits per heavy atom. The first-order valence-corrected chi connectivity index (χ1v) is 19.5. The van der Waals surface area contributed by atoms with Crippen LogP contribution in [0.1, 0.15) is 55.9 Å². The molecule has 0 aliphatic rings. The van der Waals surface area contributed by atoms with E-state index in [2.05, 4.69) is 24.3 Å². The van der Waals surface area contributed by atoms with Crippen molar-refractivity contribution in [2.45, 2.75) is 65.4 Å². The highest BCUT2D eigenvalue weighted by atomic mass is 16.6. The Hall–Kier alpha value is -6.42. The van der Waals surface area contributed by atoms with Gasteiger partial charge >= 0.3 is 12.2 Å². The van der Waals surface area contributed by atoms with E-state index in [1.54, 1.807) is 55.0 Å². The SMILES string of the molecule is CN(Cc1c2ccccc2c(CN(C)C(=O)C/C=C/CC(=O)N(C)Cc2c3ccccc3c(CN(C)C(=O)OC(C)(C)C)c3ccccc23)c2ccccc12)C(=O)O. The summed E-state index contributed by atoms with van der Waals surface area (Å²) in [6.07, 6.45) is 2.40. The molecule has 0 saturated heterocycles. The van der Waals surface area contributed by atoms with Gasteiger partial charge in [-0.05, 0) is 86.1 Å². The molecule has 0 saturated carbocycles. The van der Waals surface area contributed by atoms with Gasteiger partial charge in [0.2, 0.25) is 11.8 Å². The van der Waals surface area contributed by atoms with Crippen LogP contribution in [0.5, 0.6) is 0 Å². The molecular weight excluding hydrogens is 729 g/mol. The number of rotatable bonds is 12. The minimum atomic E-state index is -1.00. The lowest BCUT2D eigenvalue weighted by Gasteiger charge is -2.26. The zero-order valence-corrected chi connectivity index (χ0v) is 34.4. The maximum Gasteiger partial charge on any atom is 0.410 e. The molecule has 58 heavy (non-hydrogen) atoms. The fourth-order valence-corrected chi connectivity index (χ4v) is 7.58. The summed E-state index contributed by atoms with van der Waals surface area (Å²) in [6, 6.07) is 32.0. The molecular formula is C48H52N4O6. The summed E-state index contributed by atoms with van der Waals surface area (Å²) in [5.74, 6) is -0.166. The second kappa shape index (κ2) is 17.4. The predicted octanol–water partition coefficient (Wildman–Crippen LogP) is 9.73. The zero-order chi connectivity index (χ0) is 41.7. The molecule has 0 fully saturated rings. The van der Waals surface area contributed by atoms with Crippen LogP contribution in [0.4, 0.5) is 9.59 Å². The molecule has 6 aromatic rings. The Balaban J connectivity index is 1.15. The molecule has 0 aliphatic carbocycles. The summed E-state index contributed by atoms with van der Waals surface area (Å²) in [4.78, 5) is 57.9. The van der Waals surface area contributed by atoms with Crippen molar-refractivity contribution in [3.63, 3.8) is 0 Å². The maximum atomic E-state index is 13.5. The van der Waals surface area contributed by atoms with Crippen molar-refractivity contribution in [3.8, 4) is 0 Å². The molecule has 0 spiro atoms. The van der Waals surface area contributed by atoms with Gasteiger partial charge < -0.3 is 29.4 Å². The van der Waals surface area contributed by atoms with E-state index in [1.807, 2.05) is 93.6 Å². The van der Waals surface area contributed by atoms with Crippen LogP contribution in [0, 0.1) is 0 Å². The third-order valence-electron chi connectivity index (χ3n) is 10.5. The Labute approximate surface area is 339 Å². The van der Waals surface area contributed by atoms with E-state index in [-0.39, 0.29) is 31.2 Å². The topological polar surface area (TPSA) is 111 Å². The number of nitrogens with zero attached hydrogens (tertiary/aromatic N) is 4. The first-order chi connectivity index (χ1) is 27.6. The third-order valence-corrected chi connectivity index (χ3v) is 10.5. The van der Waals surface area contributed by atoms with Crippen molar-refractivity contribution in [1.29, 1.82) is 0 Å². The van der Waals surface area contributed by atoms with Crippen LogP contribution in [0.25, 0.3) is 43.1 Å². The maximum absolute atomic E-state index is 13.5. The number of carbonyl (C=O) groups excluding carboxylic acids is 3. The van der Waals surface area contributed by atoms with E-state index >= 15 is 0 Å². The van der Waals surface area contributed by atoms with Crippen molar-refractivity contribution in [3.05, 3.63) is 131 Å². The van der Waals surface area contributed by atoms with E-state index < -0.39 is 17.8 Å². The van der Waals surface area contributed by atoms with Crippen molar-refractivity contribution in [1.82, 2.24) is 19.6 Å². The molecule has 0 aliphatic heterocycles. The number of hydrogen-bond donors (Lipinski definition) is 1. The van der Waals surface area contributed by atoms with Gasteiger partial charge in [-0.25, -0.2) is 9.59 Å². The van der Waals surface area contributed by atoms with Crippen LogP contribution in [0.2, 0.25) is 0 Å². The van der Waals surface area contributed by atoms with Gasteiger partial charge in [-0.2, -0.15) is 0 Å². The Morgan fingerprint density at radius 1 is 0.483 bits per heavy atom. The number of ether oxygens (including phenoxy) is 1. The van der Waals surface area contributed by atoms with Crippen LogP contribution >= 0.6 is 0 Å². The van der Waals surface area contributed by atoms with Gasteiger partial charge in [0.15, 0.2) is 0 Å². The highest BCUT2D eigenvalue weighted by molar-refractivity contribution is 6.07. The summed E-state index contributed by atoms with van der Waals surface area (Å²) >= 11 is 0. The third kappa shape index (κ3) is 9.07. The number of amides is 4. The summed E-state index contributed by atoms with van der Waals surface area (Å²) in [7, 11) is 6.87. The van der Waals surface area contributed by atoms with Crippen LogP contribution in [0.3, 0.4) is 0 Å². The number of carbonyl (C=O) groups is 4. The molecule has 10 heteroatoms. The van der Waals surface area contributed by atoms with Crippen LogP contribution in [-0.2, 0) is 40.5 Å². The number of carboxylic acid groups (broad SMARTS) is 1.